The number of hydrogen-bond acceptors (Lipinski definition) is 3. The van der Waals surface area contributed by atoms with Gasteiger partial charge in [-0.3, -0.25) is 5.32 Å². The summed E-state index contributed by atoms with van der Waals surface area (Å²) in [6.07, 6.45) is 0. The fourth-order valence-electron chi connectivity index (χ4n) is 0.946. The van der Waals surface area contributed by atoms with Gasteiger partial charge in [-0.25, -0.2) is 4.79 Å². The molecule has 0 saturated carbocycles. The minimum atomic E-state index is -1.88. The van der Waals surface area contributed by atoms with E-state index in [1.54, 1.807) is 0 Å². The lowest BCUT2D eigenvalue weighted by molar-refractivity contribution is -0.160. The van der Waals surface area contributed by atoms with Gasteiger partial charge in [0, 0.05) is 6.54 Å². The van der Waals surface area contributed by atoms with Gasteiger partial charge in [-0.1, -0.05) is 30.3 Å². The number of aliphatic hydroxyl groups is 1. The van der Waals surface area contributed by atoms with Crippen LogP contribution in [0.15, 0.2) is 30.3 Å². The molecule has 0 aromatic heterocycles. The Hall–Kier alpha value is -1.10. The van der Waals surface area contributed by atoms with Gasteiger partial charge in [0.05, 0.1) is 0 Å². The zero-order valence-electron chi connectivity index (χ0n) is 8.30. The highest BCUT2D eigenvalue weighted by atomic mass is 35.5. The van der Waals surface area contributed by atoms with E-state index >= 15 is 0 Å². The summed E-state index contributed by atoms with van der Waals surface area (Å²) in [5.74, 6) is -1.28. The van der Waals surface area contributed by atoms with Gasteiger partial charge in [0.1, 0.15) is 0 Å². The summed E-state index contributed by atoms with van der Waals surface area (Å²) < 4.78 is 0. The molecule has 3 N–H and O–H groups in total. The molecule has 5 heteroatoms. The first-order chi connectivity index (χ1) is 6.52. The minimum absolute atomic E-state index is 0. The normalized spacial score (nSPS) is 13.7. The number of carboxylic acid groups (broad SMARTS) is 1. The first-order valence-electron chi connectivity index (χ1n) is 4.27. The van der Waals surface area contributed by atoms with Gasteiger partial charge in [0.2, 0.25) is 5.72 Å². The number of carboxylic acids is 1. The van der Waals surface area contributed by atoms with Crippen LogP contribution < -0.4 is 5.32 Å². The van der Waals surface area contributed by atoms with Crippen molar-refractivity contribution in [2.24, 2.45) is 0 Å². The molecule has 0 heterocycles. The average molecular weight is 232 g/mol. The maximum atomic E-state index is 10.5. The second-order valence-corrected chi connectivity index (χ2v) is 3.22. The van der Waals surface area contributed by atoms with Crippen LogP contribution in [0.1, 0.15) is 12.5 Å². The first kappa shape index (κ1) is 13.9. The molecule has 0 aliphatic rings. The molecule has 0 aliphatic heterocycles. The molecular weight excluding hydrogens is 218 g/mol. The third-order valence-electron chi connectivity index (χ3n) is 1.90. The Morgan fingerprint density at radius 3 is 2.40 bits per heavy atom. The van der Waals surface area contributed by atoms with Crippen LogP contribution in [0.5, 0.6) is 0 Å². The molecule has 0 spiro atoms. The molecular formula is C10H14ClNO3. The van der Waals surface area contributed by atoms with Crippen LogP contribution in [0.25, 0.3) is 0 Å². The zero-order chi connectivity index (χ0) is 10.6. The van der Waals surface area contributed by atoms with E-state index in [2.05, 4.69) is 5.32 Å². The molecule has 1 unspecified atom stereocenters. The summed E-state index contributed by atoms with van der Waals surface area (Å²) in [5.41, 5.74) is -0.954. The summed E-state index contributed by atoms with van der Waals surface area (Å²) in [6, 6.07) is 9.29. The second-order valence-electron chi connectivity index (χ2n) is 3.22. The van der Waals surface area contributed by atoms with E-state index < -0.39 is 11.7 Å². The van der Waals surface area contributed by atoms with E-state index in [4.69, 9.17) is 5.11 Å². The number of rotatable bonds is 4. The lowest BCUT2D eigenvalue weighted by Gasteiger charge is -2.19. The Bertz CT molecular complexity index is 314. The topological polar surface area (TPSA) is 69.6 Å². The zero-order valence-corrected chi connectivity index (χ0v) is 9.12. The number of aliphatic carboxylic acids is 1. The summed E-state index contributed by atoms with van der Waals surface area (Å²) in [7, 11) is 0. The van der Waals surface area contributed by atoms with Crippen molar-refractivity contribution in [2.75, 3.05) is 0 Å². The van der Waals surface area contributed by atoms with Gasteiger partial charge >= 0.3 is 5.97 Å². The standard InChI is InChI=1S/C10H13NO3.ClH/c1-10(14,9(12)13)11-7-8-5-3-2-4-6-8;/h2-6,11,14H,7H2,1H3,(H,12,13);1H. The number of benzene rings is 1. The monoisotopic (exact) mass is 231 g/mol. The highest BCUT2D eigenvalue weighted by molar-refractivity contribution is 5.85. The fourth-order valence-corrected chi connectivity index (χ4v) is 0.946. The summed E-state index contributed by atoms with van der Waals surface area (Å²) in [5, 5.41) is 20.5. The van der Waals surface area contributed by atoms with Gasteiger partial charge < -0.3 is 10.2 Å². The molecule has 1 atom stereocenters. The number of carbonyl (C=O) groups is 1. The highest BCUT2D eigenvalue weighted by Gasteiger charge is 2.28. The van der Waals surface area contributed by atoms with Crippen LogP contribution in [0, 0.1) is 0 Å². The Kier molecular flexibility index (Phi) is 5.28. The molecule has 4 nitrogen and oxygen atoms in total. The number of halogens is 1. The van der Waals surface area contributed by atoms with Gasteiger partial charge in [-0.05, 0) is 12.5 Å². The van der Waals surface area contributed by atoms with Crippen molar-refractivity contribution in [1.29, 1.82) is 0 Å². The Morgan fingerprint density at radius 1 is 1.40 bits per heavy atom. The van der Waals surface area contributed by atoms with Crippen LogP contribution in [-0.4, -0.2) is 21.9 Å². The number of nitrogens with one attached hydrogen (secondary N) is 1. The SMILES string of the molecule is CC(O)(NCc1ccccc1)C(=O)O.Cl. The van der Waals surface area contributed by atoms with E-state index in [1.807, 2.05) is 30.3 Å². The molecule has 0 amide bonds. The summed E-state index contributed by atoms with van der Waals surface area (Å²) in [4.78, 5) is 10.5. The van der Waals surface area contributed by atoms with E-state index in [1.165, 1.54) is 6.92 Å². The maximum Gasteiger partial charge on any atom is 0.350 e. The largest absolute Gasteiger partial charge is 0.478 e. The van der Waals surface area contributed by atoms with Crippen LogP contribution in [0.3, 0.4) is 0 Å². The Balaban J connectivity index is 0.00000196. The molecule has 0 fully saturated rings. The van der Waals surface area contributed by atoms with Crippen molar-refractivity contribution >= 4 is 18.4 Å². The lowest BCUT2D eigenvalue weighted by Crippen LogP contribution is -2.48. The van der Waals surface area contributed by atoms with E-state index in [9.17, 15) is 9.90 Å². The second kappa shape index (κ2) is 5.70. The Morgan fingerprint density at radius 2 is 1.93 bits per heavy atom. The van der Waals surface area contributed by atoms with E-state index in [-0.39, 0.29) is 12.4 Å². The fraction of sp³-hybridized carbons (Fsp3) is 0.300. The van der Waals surface area contributed by atoms with E-state index in [0.717, 1.165) is 5.56 Å². The molecule has 1 rings (SSSR count). The van der Waals surface area contributed by atoms with Crippen molar-refractivity contribution < 1.29 is 15.0 Å². The van der Waals surface area contributed by atoms with Crippen molar-refractivity contribution in [2.45, 2.75) is 19.2 Å². The molecule has 0 saturated heterocycles. The molecule has 0 aliphatic carbocycles. The highest BCUT2D eigenvalue weighted by Crippen LogP contribution is 2.02. The van der Waals surface area contributed by atoms with Gasteiger partial charge in [-0.15, -0.1) is 12.4 Å². The van der Waals surface area contributed by atoms with Gasteiger partial charge in [0.15, 0.2) is 0 Å². The molecule has 1 aromatic carbocycles. The quantitative estimate of drug-likeness (QED) is 0.676. The average Bonchev–Trinajstić information content (AvgIpc) is 2.16. The van der Waals surface area contributed by atoms with Gasteiger partial charge in [-0.2, -0.15) is 0 Å². The van der Waals surface area contributed by atoms with E-state index in [0.29, 0.717) is 6.54 Å². The van der Waals surface area contributed by atoms with Crippen LogP contribution in [0.4, 0.5) is 0 Å². The molecule has 0 bridgehead atoms. The predicted molar refractivity (Wildman–Crippen MR) is 58.8 cm³/mol. The van der Waals surface area contributed by atoms with Crippen molar-refractivity contribution in [1.82, 2.24) is 5.32 Å². The number of hydrogen-bond donors (Lipinski definition) is 3. The minimum Gasteiger partial charge on any atom is -0.478 e. The third kappa shape index (κ3) is 4.29. The van der Waals surface area contributed by atoms with Crippen LogP contribution >= 0.6 is 12.4 Å². The smallest absolute Gasteiger partial charge is 0.350 e. The molecule has 0 radical (unpaired) electrons. The van der Waals surface area contributed by atoms with Crippen molar-refractivity contribution in [3.05, 3.63) is 35.9 Å². The molecule has 84 valence electrons. The predicted octanol–water partition coefficient (Wildman–Crippen LogP) is 0.991. The van der Waals surface area contributed by atoms with Crippen LogP contribution in [0.2, 0.25) is 0 Å². The molecule has 1 aromatic rings. The third-order valence-corrected chi connectivity index (χ3v) is 1.90. The summed E-state index contributed by atoms with van der Waals surface area (Å²) >= 11 is 0. The lowest BCUT2D eigenvalue weighted by atomic mass is 10.2. The first-order valence-corrected chi connectivity index (χ1v) is 4.27. The van der Waals surface area contributed by atoms with Crippen molar-refractivity contribution in [3.63, 3.8) is 0 Å². The van der Waals surface area contributed by atoms with Gasteiger partial charge in [0.25, 0.3) is 0 Å². The maximum absolute atomic E-state index is 10.5. The molecule has 15 heavy (non-hydrogen) atoms. The van der Waals surface area contributed by atoms with Crippen molar-refractivity contribution in [3.8, 4) is 0 Å². The Labute approximate surface area is 94.3 Å². The van der Waals surface area contributed by atoms with Crippen LogP contribution in [-0.2, 0) is 11.3 Å². The summed E-state index contributed by atoms with van der Waals surface area (Å²) in [6.45, 7) is 1.53.